The van der Waals surface area contributed by atoms with E-state index in [1.165, 1.54) is 0 Å². The maximum Gasteiger partial charge on any atom is 0.270 e. The van der Waals surface area contributed by atoms with E-state index in [2.05, 4.69) is 20.2 Å². The molecule has 128 valence electrons. The van der Waals surface area contributed by atoms with Crippen molar-refractivity contribution in [3.63, 3.8) is 0 Å². The van der Waals surface area contributed by atoms with Crippen LogP contribution in [0.1, 0.15) is 16.9 Å². The molecule has 1 amide bonds. The zero-order valence-electron chi connectivity index (χ0n) is 13.5. The van der Waals surface area contributed by atoms with Gasteiger partial charge in [0.2, 0.25) is 0 Å². The van der Waals surface area contributed by atoms with Gasteiger partial charge in [-0.25, -0.2) is 4.98 Å². The second-order valence-electron chi connectivity index (χ2n) is 6.06. The molecule has 2 N–H and O–H groups in total. The number of aliphatic hydroxyl groups excluding tert-OH is 1. The number of thiazole rings is 1. The van der Waals surface area contributed by atoms with Crippen molar-refractivity contribution in [3.8, 4) is 0 Å². The highest BCUT2D eigenvalue weighted by atomic mass is 32.1. The number of carbonyl (C=O) groups is 1. The van der Waals surface area contributed by atoms with E-state index < -0.39 is 6.10 Å². The van der Waals surface area contributed by atoms with Crippen LogP contribution in [0, 0.1) is 0 Å². The number of hydrogen-bond acceptors (Lipinski definition) is 6. The molecule has 1 aliphatic heterocycles. The van der Waals surface area contributed by atoms with Crippen LogP contribution in [0.5, 0.6) is 0 Å². The van der Waals surface area contributed by atoms with E-state index in [4.69, 9.17) is 0 Å². The monoisotopic (exact) mass is 354 g/mol. The smallest absolute Gasteiger partial charge is 0.270 e. The van der Waals surface area contributed by atoms with Gasteiger partial charge in [-0.05, 0) is 30.7 Å². The minimum absolute atomic E-state index is 0.252. The molecule has 2 unspecified atom stereocenters. The summed E-state index contributed by atoms with van der Waals surface area (Å²) in [5, 5.41) is 14.3. The van der Waals surface area contributed by atoms with E-state index in [-0.39, 0.29) is 11.9 Å². The zero-order chi connectivity index (χ0) is 17.2. The van der Waals surface area contributed by atoms with Gasteiger partial charge in [-0.15, -0.1) is 0 Å². The van der Waals surface area contributed by atoms with Crippen molar-refractivity contribution < 1.29 is 9.90 Å². The summed E-state index contributed by atoms with van der Waals surface area (Å²) >= 11 is 1.62. The molecule has 2 aromatic heterocycles. The number of nitrogens with zero attached hydrogens (tertiary/aromatic N) is 3. The Bertz CT molecular complexity index is 850. The van der Waals surface area contributed by atoms with Gasteiger partial charge in [-0.3, -0.25) is 9.78 Å². The lowest BCUT2D eigenvalue weighted by Crippen LogP contribution is -2.54. The summed E-state index contributed by atoms with van der Waals surface area (Å²) in [6.45, 7) is 1.19. The van der Waals surface area contributed by atoms with E-state index in [0.717, 1.165) is 21.9 Å². The van der Waals surface area contributed by atoms with Crippen molar-refractivity contribution in [2.24, 2.45) is 0 Å². The van der Waals surface area contributed by atoms with Gasteiger partial charge in [0.05, 0.1) is 22.4 Å². The van der Waals surface area contributed by atoms with Crippen LogP contribution in [-0.2, 0) is 0 Å². The number of anilines is 1. The number of piperidine rings is 1. The van der Waals surface area contributed by atoms with Crippen molar-refractivity contribution in [1.29, 1.82) is 0 Å². The maximum atomic E-state index is 12.2. The summed E-state index contributed by atoms with van der Waals surface area (Å²) in [4.78, 5) is 23.0. The Balaban J connectivity index is 1.42. The van der Waals surface area contributed by atoms with Gasteiger partial charge in [0, 0.05) is 19.3 Å². The summed E-state index contributed by atoms with van der Waals surface area (Å²) in [6, 6.07) is 12.9. The minimum atomic E-state index is -0.645. The molecular weight excluding hydrogens is 336 g/mol. The SMILES string of the molecule is O=C(NC1CCN(c2nc3ccccc3s2)CC1O)c1ccccn1. The number of amides is 1. The fourth-order valence-corrected chi connectivity index (χ4v) is 4.01. The number of pyridine rings is 1. The highest BCUT2D eigenvalue weighted by Gasteiger charge is 2.30. The van der Waals surface area contributed by atoms with Crippen LogP contribution in [0.25, 0.3) is 10.2 Å². The molecule has 1 saturated heterocycles. The number of para-hydroxylation sites is 1. The molecule has 1 fully saturated rings. The van der Waals surface area contributed by atoms with Crippen molar-refractivity contribution in [2.75, 3.05) is 18.0 Å². The first-order chi connectivity index (χ1) is 12.2. The van der Waals surface area contributed by atoms with Gasteiger partial charge in [0.1, 0.15) is 5.69 Å². The molecule has 0 spiro atoms. The second kappa shape index (κ2) is 6.78. The average molecular weight is 354 g/mol. The number of carbonyl (C=O) groups excluding carboxylic acids is 1. The molecule has 0 radical (unpaired) electrons. The highest BCUT2D eigenvalue weighted by molar-refractivity contribution is 7.22. The van der Waals surface area contributed by atoms with Crippen molar-refractivity contribution in [3.05, 3.63) is 54.4 Å². The van der Waals surface area contributed by atoms with Crippen LogP contribution in [0.4, 0.5) is 5.13 Å². The number of rotatable bonds is 3. The zero-order valence-corrected chi connectivity index (χ0v) is 14.3. The number of aliphatic hydroxyl groups is 1. The lowest BCUT2D eigenvalue weighted by Gasteiger charge is -2.36. The molecule has 6 nitrogen and oxygen atoms in total. The van der Waals surface area contributed by atoms with E-state index in [9.17, 15) is 9.90 Å². The Morgan fingerprint density at radius 2 is 2.08 bits per heavy atom. The van der Waals surface area contributed by atoms with Crippen LogP contribution in [-0.4, -0.2) is 46.2 Å². The first-order valence-corrected chi connectivity index (χ1v) is 9.03. The molecule has 3 heterocycles. The Hall–Kier alpha value is -2.51. The predicted molar refractivity (Wildman–Crippen MR) is 97.9 cm³/mol. The number of benzene rings is 1. The number of fused-ring (bicyclic) bond motifs is 1. The summed E-state index contributed by atoms with van der Waals surface area (Å²) in [5.41, 5.74) is 1.34. The Morgan fingerprint density at radius 1 is 1.24 bits per heavy atom. The van der Waals surface area contributed by atoms with Crippen molar-refractivity contribution in [1.82, 2.24) is 15.3 Å². The highest BCUT2D eigenvalue weighted by Crippen LogP contribution is 2.30. The number of aromatic nitrogens is 2. The van der Waals surface area contributed by atoms with Crippen LogP contribution >= 0.6 is 11.3 Å². The van der Waals surface area contributed by atoms with Crippen LogP contribution in [0.2, 0.25) is 0 Å². The standard InChI is InChI=1S/C18H18N4O2S/c23-15-11-22(18-21-13-5-1-2-7-16(13)25-18)10-8-12(15)20-17(24)14-6-3-4-9-19-14/h1-7,9,12,15,23H,8,10-11H2,(H,20,24). The lowest BCUT2D eigenvalue weighted by atomic mass is 10.0. The third-order valence-corrected chi connectivity index (χ3v) is 5.45. The second-order valence-corrected chi connectivity index (χ2v) is 7.07. The normalized spacial score (nSPS) is 20.6. The van der Waals surface area contributed by atoms with E-state index in [1.54, 1.807) is 35.7 Å². The van der Waals surface area contributed by atoms with E-state index >= 15 is 0 Å². The largest absolute Gasteiger partial charge is 0.389 e. The fraction of sp³-hybridized carbons (Fsp3) is 0.278. The molecule has 4 rings (SSSR count). The summed E-state index contributed by atoms with van der Waals surface area (Å²) in [7, 11) is 0. The molecule has 0 aliphatic carbocycles. The van der Waals surface area contributed by atoms with Crippen LogP contribution < -0.4 is 10.2 Å². The molecule has 2 atom stereocenters. The van der Waals surface area contributed by atoms with Crippen LogP contribution in [0.15, 0.2) is 48.7 Å². The van der Waals surface area contributed by atoms with Gasteiger partial charge in [-0.2, -0.15) is 0 Å². The Labute approximate surface area is 149 Å². The first kappa shape index (κ1) is 16.0. The molecule has 7 heteroatoms. The number of β-amino-alcohol motifs (C(OH)–C–C–N with tert-alkyl or cyclic N) is 1. The quantitative estimate of drug-likeness (QED) is 0.753. The van der Waals surface area contributed by atoms with Gasteiger partial charge >= 0.3 is 0 Å². The number of hydrogen-bond donors (Lipinski definition) is 2. The maximum absolute atomic E-state index is 12.2. The topological polar surface area (TPSA) is 78.4 Å². The third kappa shape index (κ3) is 3.33. The fourth-order valence-electron chi connectivity index (χ4n) is 3.01. The third-order valence-electron chi connectivity index (χ3n) is 4.35. The van der Waals surface area contributed by atoms with E-state index in [0.29, 0.717) is 18.7 Å². The molecular formula is C18H18N4O2S. The lowest BCUT2D eigenvalue weighted by molar-refractivity contribution is 0.0794. The van der Waals surface area contributed by atoms with Crippen molar-refractivity contribution in [2.45, 2.75) is 18.6 Å². The molecule has 1 aromatic carbocycles. The average Bonchev–Trinajstić information content (AvgIpc) is 3.08. The summed E-state index contributed by atoms with van der Waals surface area (Å²) in [6.07, 6.45) is 1.60. The Kier molecular flexibility index (Phi) is 4.33. The summed E-state index contributed by atoms with van der Waals surface area (Å²) in [5.74, 6) is -0.252. The predicted octanol–water partition coefficient (Wildman–Crippen LogP) is 2.06. The van der Waals surface area contributed by atoms with Crippen LogP contribution in [0.3, 0.4) is 0 Å². The molecule has 0 bridgehead atoms. The first-order valence-electron chi connectivity index (χ1n) is 8.21. The van der Waals surface area contributed by atoms with Gasteiger partial charge in [-0.1, -0.05) is 29.5 Å². The van der Waals surface area contributed by atoms with Gasteiger partial charge < -0.3 is 15.3 Å². The van der Waals surface area contributed by atoms with Crippen molar-refractivity contribution >= 4 is 32.6 Å². The van der Waals surface area contributed by atoms with E-state index in [1.807, 2.05) is 24.3 Å². The number of nitrogens with one attached hydrogen (secondary N) is 1. The Morgan fingerprint density at radius 3 is 2.84 bits per heavy atom. The van der Waals surface area contributed by atoms with Gasteiger partial charge in [0.25, 0.3) is 5.91 Å². The molecule has 25 heavy (non-hydrogen) atoms. The summed E-state index contributed by atoms with van der Waals surface area (Å²) < 4.78 is 1.14. The minimum Gasteiger partial charge on any atom is -0.389 e. The van der Waals surface area contributed by atoms with Gasteiger partial charge in [0.15, 0.2) is 5.13 Å². The molecule has 1 aliphatic rings. The molecule has 0 saturated carbocycles. The molecule has 3 aromatic rings.